The number of halogens is 1. The fourth-order valence-electron chi connectivity index (χ4n) is 4.03. The summed E-state index contributed by atoms with van der Waals surface area (Å²) in [7, 11) is 0. The van der Waals surface area contributed by atoms with Crippen LogP contribution in [-0.4, -0.2) is 16.1 Å². The molecule has 1 aliphatic rings. The van der Waals surface area contributed by atoms with Gasteiger partial charge in [-0.05, 0) is 73.4 Å². The molecule has 0 atom stereocenters. The molecule has 0 radical (unpaired) electrons. The zero-order valence-electron chi connectivity index (χ0n) is 14.5. The normalized spacial score (nSPS) is 20.2. The van der Waals surface area contributed by atoms with Crippen molar-refractivity contribution in [1.82, 2.24) is 10.2 Å². The first-order chi connectivity index (χ1) is 12.7. The molecule has 0 unspecified atom stereocenters. The highest BCUT2D eigenvalue weighted by Gasteiger charge is 2.25. The van der Waals surface area contributed by atoms with Crippen molar-refractivity contribution < 1.29 is 4.79 Å². The fourth-order valence-corrected chi connectivity index (χ4v) is 4.16. The van der Waals surface area contributed by atoms with Crippen LogP contribution in [0.15, 0.2) is 48.7 Å². The van der Waals surface area contributed by atoms with Crippen molar-refractivity contribution in [2.45, 2.75) is 38.0 Å². The van der Waals surface area contributed by atoms with Crippen molar-refractivity contribution in [2.75, 3.05) is 5.32 Å². The molecule has 1 heterocycles. The number of rotatable bonds is 4. The Hall–Kier alpha value is -2.33. The Bertz CT molecular complexity index is 895. The highest BCUT2D eigenvalue weighted by molar-refractivity contribution is 6.30. The number of aromatic nitrogens is 2. The Morgan fingerprint density at radius 1 is 1.12 bits per heavy atom. The zero-order chi connectivity index (χ0) is 17.9. The molecular weight excluding hydrogens is 346 g/mol. The van der Waals surface area contributed by atoms with E-state index in [-0.39, 0.29) is 5.91 Å². The predicted molar refractivity (Wildman–Crippen MR) is 105 cm³/mol. The van der Waals surface area contributed by atoms with Gasteiger partial charge < -0.3 is 5.32 Å². The Morgan fingerprint density at radius 2 is 1.88 bits per heavy atom. The van der Waals surface area contributed by atoms with E-state index in [4.69, 9.17) is 11.6 Å². The van der Waals surface area contributed by atoms with E-state index in [1.165, 1.54) is 10.9 Å². The molecule has 4 rings (SSSR count). The van der Waals surface area contributed by atoms with Crippen LogP contribution in [0.1, 0.15) is 43.6 Å². The van der Waals surface area contributed by atoms with Gasteiger partial charge in [-0.3, -0.25) is 9.89 Å². The van der Waals surface area contributed by atoms with Gasteiger partial charge >= 0.3 is 0 Å². The van der Waals surface area contributed by atoms with Crippen molar-refractivity contribution in [1.29, 1.82) is 0 Å². The molecule has 0 aliphatic heterocycles. The van der Waals surface area contributed by atoms with Crippen LogP contribution in [-0.2, 0) is 4.79 Å². The van der Waals surface area contributed by atoms with E-state index in [1.54, 1.807) is 12.1 Å². The molecule has 3 aromatic rings. The lowest BCUT2D eigenvalue weighted by Crippen LogP contribution is -2.20. The maximum absolute atomic E-state index is 12.3. The second kappa shape index (κ2) is 7.50. The lowest BCUT2D eigenvalue weighted by Gasteiger charge is -2.28. The Morgan fingerprint density at radius 3 is 2.65 bits per heavy atom. The molecule has 0 spiro atoms. The van der Waals surface area contributed by atoms with E-state index in [0.717, 1.165) is 36.9 Å². The summed E-state index contributed by atoms with van der Waals surface area (Å²) in [6, 6.07) is 13.6. The number of carbonyl (C=O) groups is 1. The molecule has 1 aliphatic carbocycles. The number of benzene rings is 2. The zero-order valence-corrected chi connectivity index (χ0v) is 15.3. The van der Waals surface area contributed by atoms with E-state index in [2.05, 4.69) is 33.7 Å². The third kappa shape index (κ3) is 3.75. The van der Waals surface area contributed by atoms with Crippen LogP contribution in [0.4, 0.5) is 5.69 Å². The maximum Gasteiger partial charge on any atom is 0.224 e. The first kappa shape index (κ1) is 17.1. The van der Waals surface area contributed by atoms with E-state index < -0.39 is 0 Å². The van der Waals surface area contributed by atoms with Gasteiger partial charge in [0.15, 0.2) is 0 Å². The number of hydrogen-bond donors (Lipinski definition) is 2. The lowest BCUT2D eigenvalue weighted by atomic mass is 9.77. The third-order valence-electron chi connectivity index (χ3n) is 5.41. The summed E-state index contributed by atoms with van der Waals surface area (Å²) in [5, 5.41) is 12.1. The van der Waals surface area contributed by atoms with Crippen LogP contribution in [0.2, 0.25) is 5.02 Å². The summed E-state index contributed by atoms with van der Waals surface area (Å²) in [5.41, 5.74) is 3.30. The van der Waals surface area contributed by atoms with Crippen LogP contribution < -0.4 is 5.32 Å². The Balaban J connectivity index is 1.33. The topological polar surface area (TPSA) is 57.8 Å². The van der Waals surface area contributed by atoms with E-state index >= 15 is 0 Å². The van der Waals surface area contributed by atoms with Crippen LogP contribution in [0.3, 0.4) is 0 Å². The molecular formula is C21H22ClN3O. The van der Waals surface area contributed by atoms with Crippen LogP contribution in [0.25, 0.3) is 10.9 Å². The van der Waals surface area contributed by atoms with Gasteiger partial charge in [-0.1, -0.05) is 23.7 Å². The molecule has 0 bridgehead atoms. The largest absolute Gasteiger partial charge is 0.326 e. The first-order valence-corrected chi connectivity index (χ1v) is 9.54. The molecule has 2 N–H and O–H groups in total. The summed E-state index contributed by atoms with van der Waals surface area (Å²) in [5.74, 6) is 1.11. The van der Waals surface area contributed by atoms with Crippen molar-refractivity contribution in [3.8, 4) is 0 Å². The minimum absolute atomic E-state index is 0.0905. The van der Waals surface area contributed by atoms with Crippen molar-refractivity contribution in [3.05, 3.63) is 59.2 Å². The standard InChI is InChI=1S/C21H22ClN3O/c22-16-8-10-17(11-9-16)24-21(26)12-14-4-6-15(7-5-14)18-2-1-3-20-19(18)13-23-25-20/h1-3,8-11,13-15H,4-7,12H2,(H,23,25)(H,24,26). The number of aromatic amines is 1. The predicted octanol–water partition coefficient (Wildman–Crippen LogP) is 5.52. The van der Waals surface area contributed by atoms with E-state index in [1.807, 2.05) is 18.3 Å². The molecule has 0 saturated heterocycles. The Kier molecular flexibility index (Phi) is 4.93. The quantitative estimate of drug-likeness (QED) is 0.637. The van der Waals surface area contributed by atoms with Gasteiger partial charge in [0.25, 0.3) is 0 Å². The highest BCUT2D eigenvalue weighted by atomic mass is 35.5. The fraction of sp³-hybridized carbons (Fsp3) is 0.333. The maximum atomic E-state index is 12.3. The van der Waals surface area contributed by atoms with Gasteiger partial charge in [0.1, 0.15) is 0 Å². The second-order valence-corrected chi connectivity index (χ2v) is 7.59. The lowest BCUT2D eigenvalue weighted by molar-refractivity contribution is -0.117. The highest BCUT2D eigenvalue weighted by Crippen LogP contribution is 2.39. The summed E-state index contributed by atoms with van der Waals surface area (Å²) >= 11 is 5.88. The number of nitrogens with zero attached hydrogens (tertiary/aromatic N) is 1. The molecule has 1 aromatic heterocycles. The monoisotopic (exact) mass is 367 g/mol. The van der Waals surface area contributed by atoms with Gasteiger partial charge in [0, 0.05) is 22.5 Å². The molecule has 2 aromatic carbocycles. The average molecular weight is 368 g/mol. The SMILES string of the molecule is O=C(CC1CCC(c2cccc3[nH]ncc23)CC1)Nc1ccc(Cl)cc1. The summed E-state index contributed by atoms with van der Waals surface area (Å²) in [6.45, 7) is 0. The van der Waals surface area contributed by atoms with Gasteiger partial charge in [-0.15, -0.1) is 0 Å². The molecule has 1 amide bonds. The molecule has 4 nitrogen and oxygen atoms in total. The van der Waals surface area contributed by atoms with Gasteiger partial charge in [-0.2, -0.15) is 5.10 Å². The van der Waals surface area contributed by atoms with E-state index in [0.29, 0.717) is 23.3 Å². The van der Waals surface area contributed by atoms with Crippen molar-refractivity contribution in [3.63, 3.8) is 0 Å². The van der Waals surface area contributed by atoms with Gasteiger partial charge in [0.05, 0.1) is 11.7 Å². The number of hydrogen-bond acceptors (Lipinski definition) is 2. The molecule has 26 heavy (non-hydrogen) atoms. The number of H-pyrrole nitrogens is 1. The molecule has 1 saturated carbocycles. The minimum Gasteiger partial charge on any atom is -0.326 e. The van der Waals surface area contributed by atoms with E-state index in [9.17, 15) is 4.79 Å². The van der Waals surface area contributed by atoms with Gasteiger partial charge in [0.2, 0.25) is 5.91 Å². The number of fused-ring (bicyclic) bond motifs is 1. The van der Waals surface area contributed by atoms with Crippen LogP contribution >= 0.6 is 11.6 Å². The summed E-state index contributed by atoms with van der Waals surface area (Å²) in [6.07, 6.45) is 6.95. The summed E-state index contributed by atoms with van der Waals surface area (Å²) in [4.78, 5) is 12.3. The number of carbonyl (C=O) groups excluding carboxylic acids is 1. The average Bonchev–Trinajstić information content (AvgIpc) is 3.13. The number of anilines is 1. The molecule has 1 fully saturated rings. The smallest absolute Gasteiger partial charge is 0.224 e. The number of amides is 1. The van der Waals surface area contributed by atoms with Crippen LogP contribution in [0, 0.1) is 5.92 Å². The summed E-state index contributed by atoms with van der Waals surface area (Å²) < 4.78 is 0. The minimum atomic E-state index is 0.0905. The van der Waals surface area contributed by atoms with Crippen molar-refractivity contribution in [2.24, 2.45) is 5.92 Å². The molecule has 134 valence electrons. The van der Waals surface area contributed by atoms with Crippen LogP contribution in [0.5, 0.6) is 0 Å². The Labute approximate surface area is 157 Å². The second-order valence-electron chi connectivity index (χ2n) is 7.16. The number of nitrogens with one attached hydrogen (secondary N) is 2. The first-order valence-electron chi connectivity index (χ1n) is 9.16. The van der Waals surface area contributed by atoms with Gasteiger partial charge in [-0.25, -0.2) is 0 Å². The van der Waals surface area contributed by atoms with Crippen molar-refractivity contribution >= 4 is 34.1 Å². The third-order valence-corrected chi connectivity index (χ3v) is 5.66. The molecule has 5 heteroatoms.